The Bertz CT molecular complexity index is 493. The lowest BCUT2D eigenvalue weighted by Crippen LogP contribution is -2.02. The molecule has 72 valence electrons. The van der Waals surface area contributed by atoms with Crippen molar-refractivity contribution < 1.29 is 9.53 Å². The van der Waals surface area contributed by atoms with Gasteiger partial charge in [0.1, 0.15) is 5.52 Å². The van der Waals surface area contributed by atoms with Gasteiger partial charge in [0.2, 0.25) is 5.82 Å². The first-order valence-electron chi connectivity index (χ1n) is 3.95. The van der Waals surface area contributed by atoms with E-state index in [1.54, 1.807) is 18.2 Å². The number of hydrogen-bond donors (Lipinski definition) is 1. The van der Waals surface area contributed by atoms with E-state index in [0.717, 1.165) is 5.52 Å². The van der Waals surface area contributed by atoms with Gasteiger partial charge in [-0.25, -0.2) is 9.78 Å². The van der Waals surface area contributed by atoms with E-state index in [4.69, 9.17) is 11.6 Å². The summed E-state index contributed by atoms with van der Waals surface area (Å²) < 4.78 is 4.53. The van der Waals surface area contributed by atoms with Crippen molar-refractivity contribution in [2.75, 3.05) is 7.11 Å². The molecule has 0 amide bonds. The van der Waals surface area contributed by atoms with Gasteiger partial charge < -0.3 is 9.72 Å². The zero-order valence-corrected chi connectivity index (χ0v) is 8.13. The quantitative estimate of drug-likeness (QED) is 0.733. The summed E-state index contributed by atoms with van der Waals surface area (Å²) in [5.41, 5.74) is 1.30. The molecule has 0 radical (unpaired) electrons. The number of aromatic amines is 1. The molecule has 5 heteroatoms. The van der Waals surface area contributed by atoms with Crippen LogP contribution >= 0.6 is 11.6 Å². The van der Waals surface area contributed by atoms with Crippen LogP contribution in [0.15, 0.2) is 18.2 Å². The Morgan fingerprint density at radius 2 is 2.36 bits per heavy atom. The highest BCUT2D eigenvalue weighted by Crippen LogP contribution is 2.20. The number of halogens is 1. The lowest BCUT2D eigenvalue weighted by atomic mass is 10.3. The van der Waals surface area contributed by atoms with Gasteiger partial charge in [-0.1, -0.05) is 17.7 Å². The fourth-order valence-electron chi connectivity index (χ4n) is 1.19. The van der Waals surface area contributed by atoms with Gasteiger partial charge in [-0.05, 0) is 12.1 Å². The molecule has 14 heavy (non-hydrogen) atoms. The van der Waals surface area contributed by atoms with Crippen LogP contribution in [-0.2, 0) is 4.74 Å². The second kappa shape index (κ2) is 3.31. The number of hydrogen-bond acceptors (Lipinski definition) is 3. The Morgan fingerprint density at radius 1 is 1.57 bits per heavy atom. The van der Waals surface area contributed by atoms with E-state index in [-0.39, 0.29) is 5.82 Å². The van der Waals surface area contributed by atoms with Crippen molar-refractivity contribution in [3.8, 4) is 0 Å². The van der Waals surface area contributed by atoms with E-state index in [0.29, 0.717) is 10.5 Å². The lowest BCUT2D eigenvalue weighted by Gasteiger charge is -1.90. The largest absolute Gasteiger partial charge is 0.463 e. The number of imidazole rings is 1. The molecule has 1 aromatic carbocycles. The monoisotopic (exact) mass is 210 g/mol. The number of aromatic nitrogens is 2. The third-order valence-corrected chi connectivity index (χ3v) is 2.15. The van der Waals surface area contributed by atoms with Crippen LogP contribution in [0.2, 0.25) is 5.02 Å². The maximum absolute atomic E-state index is 11.1. The molecule has 0 atom stereocenters. The zero-order chi connectivity index (χ0) is 10.1. The molecule has 4 nitrogen and oxygen atoms in total. The van der Waals surface area contributed by atoms with Crippen LogP contribution in [0.5, 0.6) is 0 Å². The summed E-state index contributed by atoms with van der Waals surface area (Å²) in [5.74, 6) is -0.340. The Labute approximate surface area is 84.9 Å². The summed E-state index contributed by atoms with van der Waals surface area (Å²) in [6.07, 6.45) is 0. The summed E-state index contributed by atoms with van der Waals surface area (Å²) in [6, 6.07) is 5.29. The van der Waals surface area contributed by atoms with Crippen molar-refractivity contribution in [3.05, 3.63) is 29.0 Å². The predicted molar refractivity (Wildman–Crippen MR) is 52.4 cm³/mol. The summed E-state index contributed by atoms with van der Waals surface area (Å²) in [7, 11) is 1.30. The first-order valence-corrected chi connectivity index (χ1v) is 4.32. The molecule has 0 saturated heterocycles. The summed E-state index contributed by atoms with van der Waals surface area (Å²) in [6.45, 7) is 0. The lowest BCUT2D eigenvalue weighted by molar-refractivity contribution is 0.0588. The van der Waals surface area contributed by atoms with Crippen molar-refractivity contribution in [2.24, 2.45) is 0 Å². The second-order valence-corrected chi connectivity index (χ2v) is 3.12. The number of carbonyl (C=O) groups is 1. The minimum Gasteiger partial charge on any atom is -0.463 e. The Morgan fingerprint density at radius 3 is 3.00 bits per heavy atom. The van der Waals surface area contributed by atoms with Crippen molar-refractivity contribution in [1.29, 1.82) is 0 Å². The number of nitrogens with zero attached hydrogens (tertiary/aromatic N) is 1. The minimum absolute atomic E-state index is 0.163. The molecule has 0 bridgehead atoms. The first kappa shape index (κ1) is 9.02. The van der Waals surface area contributed by atoms with Crippen LogP contribution in [0.3, 0.4) is 0 Å². The van der Waals surface area contributed by atoms with Crippen molar-refractivity contribution in [3.63, 3.8) is 0 Å². The SMILES string of the molecule is COC(=O)c1nc2c(Cl)cccc2[nH]1. The van der Waals surface area contributed by atoms with Crippen LogP contribution in [-0.4, -0.2) is 23.0 Å². The topological polar surface area (TPSA) is 55.0 Å². The number of methoxy groups -OCH3 is 1. The molecule has 0 aliphatic carbocycles. The molecule has 0 aliphatic heterocycles. The van der Waals surface area contributed by atoms with Crippen LogP contribution in [0.4, 0.5) is 0 Å². The maximum Gasteiger partial charge on any atom is 0.374 e. The predicted octanol–water partition coefficient (Wildman–Crippen LogP) is 2.00. The molecule has 0 unspecified atom stereocenters. The molecule has 1 heterocycles. The zero-order valence-electron chi connectivity index (χ0n) is 7.37. The molecule has 2 rings (SSSR count). The number of fused-ring (bicyclic) bond motifs is 1. The van der Waals surface area contributed by atoms with Gasteiger partial charge in [-0.15, -0.1) is 0 Å². The molecular weight excluding hydrogens is 204 g/mol. The van der Waals surface area contributed by atoms with Gasteiger partial charge in [0.05, 0.1) is 17.6 Å². The van der Waals surface area contributed by atoms with Crippen LogP contribution < -0.4 is 0 Å². The number of para-hydroxylation sites is 1. The highest BCUT2D eigenvalue weighted by molar-refractivity contribution is 6.35. The van der Waals surface area contributed by atoms with Gasteiger partial charge in [-0.2, -0.15) is 0 Å². The van der Waals surface area contributed by atoms with Gasteiger partial charge in [-0.3, -0.25) is 0 Å². The standard InChI is InChI=1S/C9H7ClN2O2/c1-14-9(13)8-11-6-4-2-3-5(10)7(6)12-8/h2-4H,1H3,(H,11,12). The minimum atomic E-state index is -0.503. The average Bonchev–Trinajstić information content (AvgIpc) is 2.62. The third-order valence-electron chi connectivity index (χ3n) is 1.84. The smallest absolute Gasteiger partial charge is 0.374 e. The molecular formula is C9H7ClN2O2. The maximum atomic E-state index is 11.1. The molecule has 0 saturated carbocycles. The molecule has 0 spiro atoms. The number of H-pyrrole nitrogens is 1. The van der Waals surface area contributed by atoms with Gasteiger partial charge in [0.15, 0.2) is 0 Å². The Kier molecular flexibility index (Phi) is 2.13. The van der Waals surface area contributed by atoms with E-state index < -0.39 is 5.97 Å². The fourth-order valence-corrected chi connectivity index (χ4v) is 1.41. The van der Waals surface area contributed by atoms with Crippen molar-refractivity contribution in [1.82, 2.24) is 9.97 Å². The average molecular weight is 211 g/mol. The summed E-state index contributed by atoms with van der Waals surface area (Å²) in [5, 5.41) is 0.508. The number of nitrogens with one attached hydrogen (secondary N) is 1. The number of esters is 1. The molecule has 2 aromatic rings. The van der Waals surface area contributed by atoms with E-state index in [9.17, 15) is 4.79 Å². The molecule has 1 aromatic heterocycles. The number of rotatable bonds is 1. The summed E-state index contributed by atoms with van der Waals surface area (Å²) >= 11 is 5.88. The summed E-state index contributed by atoms with van der Waals surface area (Å²) in [4.78, 5) is 18.0. The third kappa shape index (κ3) is 1.33. The number of benzene rings is 1. The molecule has 0 fully saturated rings. The van der Waals surface area contributed by atoms with Crippen molar-refractivity contribution >= 4 is 28.6 Å². The highest BCUT2D eigenvalue weighted by Gasteiger charge is 2.12. The van der Waals surface area contributed by atoms with E-state index >= 15 is 0 Å². The second-order valence-electron chi connectivity index (χ2n) is 2.71. The van der Waals surface area contributed by atoms with E-state index in [1.807, 2.05) is 0 Å². The van der Waals surface area contributed by atoms with E-state index in [2.05, 4.69) is 14.7 Å². The van der Waals surface area contributed by atoms with Gasteiger partial charge in [0.25, 0.3) is 0 Å². The van der Waals surface area contributed by atoms with Crippen molar-refractivity contribution in [2.45, 2.75) is 0 Å². The molecule has 0 aliphatic rings. The van der Waals surface area contributed by atoms with Gasteiger partial charge in [0, 0.05) is 0 Å². The van der Waals surface area contributed by atoms with Crippen LogP contribution in [0.1, 0.15) is 10.6 Å². The normalized spacial score (nSPS) is 10.4. The Balaban J connectivity index is 2.62. The van der Waals surface area contributed by atoms with Gasteiger partial charge >= 0.3 is 5.97 Å². The number of ether oxygens (including phenoxy) is 1. The van der Waals surface area contributed by atoms with E-state index in [1.165, 1.54) is 7.11 Å². The van der Waals surface area contributed by atoms with Crippen LogP contribution in [0, 0.1) is 0 Å². The molecule has 1 N–H and O–H groups in total. The Hall–Kier alpha value is -1.55. The van der Waals surface area contributed by atoms with Crippen LogP contribution in [0.25, 0.3) is 11.0 Å². The fraction of sp³-hybridized carbons (Fsp3) is 0.111. The first-order chi connectivity index (χ1) is 6.72. The number of carbonyl (C=O) groups excluding carboxylic acids is 1. The highest BCUT2D eigenvalue weighted by atomic mass is 35.5.